The molecular weight excluding hydrogens is 284 g/mol. The number of hydrogen-bond acceptors (Lipinski definition) is 1. The minimum Gasteiger partial charge on any atom is -0.351 e. The van der Waals surface area contributed by atoms with Gasteiger partial charge in [0.2, 0.25) is 0 Å². The van der Waals surface area contributed by atoms with Crippen LogP contribution in [0.25, 0.3) is 10.9 Å². The number of aromatic nitrogens is 1. The molecule has 0 atom stereocenters. The third kappa shape index (κ3) is 1.85. The maximum atomic E-state index is 12.6. The Bertz CT molecular complexity index is 882. The molecule has 0 aliphatic carbocycles. The van der Waals surface area contributed by atoms with Crippen LogP contribution in [0.1, 0.15) is 15.9 Å². The number of fused-ring (bicyclic) bond motifs is 2. The first kappa shape index (κ1) is 12.5. The van der Waals surface area contributed by atoms with E-state index in [0.29, 0.717) is 17.1 Å². The summed E-state index contributed by atoms with van der Waals surface area (Å²) >= 11 is 5.99. The number of hydrogen-bond donors (Lipinski definition) is 0. The minimum atomic E-state index is 0.0165. The van der Waals surface area contributed by atoms with E-state index in [2.05, 4.69) is 16.7 Å². The van der Waals surface area contributed by atoms with Crippen LogP contribution in [0.5, 0.6) is 0 Å². The highest BCUT2D eigenvalue weighted by molar-refractivity contribution is 6.31. The lowest BCUT2D eigenvalue weighted by Crippen LogP contribution is -2.22. The van der Waals surface area contributed by atoms with Gasteiger partial charge in [0.05, 0.1) is 6.54 Å². The van der Waals surface area contributed by atoms with Crippen LogP contribution in [0.15, 0.2) is 48.7 Å². The van der Waals surface area contributed by atoms with Gasteiger partial charge in [0.25, 0.3) is 5.91 Å². The average Bonchev–Trinajstić information content (AvgIpc) is 3.01. The van der Waals surface area contributed by atoms with Crippen molar-refractivity contribution in [3.63, 3.8) is 0 Å². The molecule has 1 amide bonds. The normalized spacial score (nSPS) is 14.0. The Morgan fingerprint density at radius 1 is 1.10 bits per heavy atom. The largest absolute Gasteiger partial charge is 0.351 e. The molecule has 1 aliphatic heterocycles. The molecule has 3 nitrogen and oxygen atoms in total. The summed E-state index contributed by atoms with van der Waals surface area (Å²) in [7, 11) is 2.01. The van der Waals surface area contributed by atoms with E-state index in [-0.39, 0.29) is 5.91 Å². The van der Waals surface area contributed by atoms with Crippen LogP contribution in [-0.2, 0) is 13.6 Å². The van der Waals surface area contributed by atoms with Gasteiger partial charge in [-0.2, -0.15) is 0 Å². The van der Waals surface area contributed by atoms with E-state index in [1.165, 1.54) is 0 Å². The fraction of sp³-hybridized carbons (Fsp3) is 0.118. The Balaban J connectivity index is 1.78. The second-order valence-electron chi connectivity index (χ2n) is 5.36. The molecule has 1 aromatic heterocycles. The smallest absolute Gasteiger partial charge is 0.258 e. The minimum absolute atomic E-state index is 0.0165. The standard InChI is InChI=1S/C17H13ClN2O/c1-19-7-6-11-8-14(4-5-16(11)19)20-10-12-2-3-13(18)9-15(12)17(20)21/h2-9H,10H2,1H3. The van der Waals surface area contributed by atoms with Gasteiger partial charge in [0.1, 0.15) is 0 Å². The van der Waals surface area contributed by atoms with Gasteiger partial charge in [-0.25, -0.2) is 0 Å². The zero-order chi connectivity index (χ0) is 14.6. The molecule has 4 rings (SSSR count). The number of amides is 1. The fourth-order valence-corrected chi connectivity index (χ4v) is 3.09. The molecule has 2 aromatic carbocycles. The topological polar surface area (TPSA) is 25.2 Å². The molecule has 104 valence electrons. The lowest BCUT2D eigenvalue weighted by molar-refractivity contribution is 0.0996. The molecular formula is C17H13ClN2O. The summed E-state index contributed by atoms with van der Waals surface area (Å²) in [6.07, 6.45) is 2.02. The van der Waals surface area contributed by atoms with E-state index >= 15 is 0 Å². The summed E-state index contributed by atoms with van der Waals surface area (Å²) in [6.45, 7) is 0.601. The quantitative estimate of drug-likeness (QED) is 0.666. The van der Waals surface area contributed by atoms with Crippen LogP contribution in [0.3, 0.4) is 0 Å². The monoisotopic (exact) mass is 296 g/mol. The molecule has 0 saturated carbocycles. The van der Waals surface area contributed by atoms with Gasteiger partial charge >= 0.3 is 0 Å². The van der Waals surface area contributed by atoms with Crippen molar-refractivity contribution in [3.05, 3.63) is 64.8 Å². The third-order valence-corrected chi connectivity index (χ3v) is 4.29. The second-order valence-corrected chi connectivity index (χ2v) is 5.80. The predicted octanol–water partition coefficient (Wildman–Crippen LogP) is 3.99. The van der Waals surface area contributed by atoms with Crippen molar-refractivity contribution in [2.45, 2.75) is 6.54 Å². The Kier molecular flexibility index (Phi) is 2.59. The molecule has 21 heavy (non-hydrogen) atoms. The van der Waals surface area contributed by atoms with E-state index in [9.17, 15) is 4.79 Å². The Labute approximate surface area is 127 Å². The van der Waals surface area contributed by atoms with Crippen molar-refractivity contribution >= 4 is 34.1 Å². The number of halogens is 1. The van der Waals surface area contributed by atoms with Gasteiger partial charge in [-0.05, 0) is 42.0 Å². The van der Waals surface area contributed by atoms with Crippen molar-refractivity contribution in [2.24, 2.45) is 7.05 Å². The number of anilines is 1. The molecule has 1 aliphatic rings. The summed E-state index contributed by atoms with van der Waals surface area (Å²) in [5, 5.41) is 1.74. The molecule has 0 saturated heterocycles. The number of benzene rings is 2. The molecule has 0 radical (unpaired) electrons. The van der Waals surface area contributed by atoms with E-state index < -0.39 is 0 Å². The maximum absolute atomic E-state index is 12.6. The van der Waals surface area contributed by atoms with Crippen LogP contribution in [0.2, 0.25) is 5.02 Å². The number of aryl methyl sites for hydroxylation is 1. The molecule has 0 spiro atoms. The lowest BCUT2D eigenvalue weighted by atomic mass is 10.1. The first-order valence-corrected chi connectivity index (χ1v) is 7.17. The van der Waals surface area contributed by atoms with Gasteiger partial charge in [-0.1, -0.05) is 17.7 Å². The molecule has 2 heterocycles. The van der Waals surface area contributed by atoms with Crippen molar-refractivity contribution in [1.82, 2.24) is 4.57 Å². The number of carbonyl (C=O) groups is 1. The molecule has 0 bridgehead atoms. The molecule has 3 aromatic rings. The zero-order valence-electron chi connectivity index (χ0n) is 11.5. The van der Waals surface area contributed by atoms with Crippen molar-refractivity contribution in [3.8, 4) is 0 Å². The highest BCUT2D eigenvalue weighted by Gasteiger charge is 2.28. The Morgan fingerprint density at radius 2 is 1.95 bits per heavy atom. The van der Waals surface area contributed by atoms with E-state index in [1.807, 2.05) is 37.5 Å². The predicted molar refractivity (Wildman–Crippen MR) is 84.9 cm³/mol. The van der Waals surface area contributed by atoms with E-state index in [4.69, 9.17) is 11.6 Å². The molecule has 0 fully saturated rings. The van der Waals surface area contributed by atoms with Gasteiger partial charge in [0, 0.05) is 40.4 Å². The van der Waals surface area contributed by atoms with Crippen molar-refractivity contribution < 1.29 is 4.79 Å². The van der Waals surface area contributed by atoms with Gasteiger partial charge in [-0.3, -0.25) is 4.79 Å². The first-order chi connectivity index (χ1) is 10.1. The van der Waals surface area contributed by atoms with Crippen LogP contribution < -0.4 is 4.90 Å². The highest BCUT2D eigenvalue weighted by atomic mass is 35.5. The second kappa shape index (κ2) is 4.37. The Hall–Kier alpha value is -2.26. The number of nitrogens with zero attached hydrogens (tertiary/aromatic N) is 2. The van der Waals surface area contributed by atoms with Crippen LogP contribution >= 0.6 is 11.6 Å². The summed E-state index contributed by atoms with van der Waals surface area (Å²) in [6, 6.07) is 13.7. The van der Waals surface area contributed by atoms with Crippen molar-refractivity contribution in [1.29, 1.82) is 0 Å². The maximum Gasteiger partial charge on any atom is 0.258 e. The van der Waals surface area contributed by atoms with Crippen LogP contribution in [0.4, 0.5) is 5.69 Å². The summed E-state index contributed by atoms with van der Waals surface area (Å²) in [5.74, 6) is 0.0165. The molecule has 4 heteroatoms. The zero-order valence-corrected chi connectivity index (χ0v) is 12.3. The van der Waals surface area contributed by atoms with Gasteiger partial charge < -0.3 is 9.47 Å². The SMILES string of the molecule is Cn1ccc2cc(N3Cc4ccc(Cl)cc4C3=O)ccc21. The highest BCUT2D eigenvalue weighted by Crippen LogP contribution is 2.31. The van der Waals surface area contributed by atoms with Crippen LogP contribution in [0, 0.1) is 0 Å². The van der Waals surface area contributed by atoms with E-state index in [0.717, 1.165) is 22.2 Å². The third-order valence-electron chi connectivity index (χ3n) is 4.06. The Morgan fingerprint density at radius 3 is 2.81 bits per heavy atom. The summed E-state index contributed by atoms with van der Waals surface area (Å²) in [4.78, 5) is 14.4. The molecule has 0 unspecified atom stereocenters. The summed E-state index contributed by atoms with van der Waals surface area (Å²) < 4.78 is 2.07. The number of carbonyl (C=O) groups excluding carboxylic acids is 1. The molecule has 0 N–H and O–H groups in total. The van der Waals surface area contributed by atoms with Crippen molar-refractivity contribution in [2.75, 3.05) is 4.90 Å². The van der Waals surface area contributed by atoms with Gasteiger partial charge in [0.15, 0.2) is 0 Å². The lowest BCUT2D eigenvalue weighted by Gasteiger charge is -2.16. The summed E-state index contributed by atoms with van der Waals surface area (Å²) in [5.41, 5.74) is 3.81. The van der Waals surface area contributed by atoms with Gasteiger partial charge in [-0.15, -0.1) is 0 Å². The number of rotatable bonds is 1. The van der Waals surface area contributed by atoms with E-state index in [1.54, 1.807) is 11.0 Å². The first-order valence-electron chi connectivity index (χ1n) is 6.79. The van der Waals surface area contributed by atoms with Crippen LogP contribution in [-0.4, -0.2) is 10.5 Å². The fourth-order valence-electron chi connectivity index (χ4n) is 2.92. The average molecular weight is 297 g/mol.